The van der Waals surface area contributed by atoms with Gasteiger partial charge in [0.15, 0.2) is 0 Å². The number of carboxylic acid groups (broad SMARTS) is 1. The number of aromatic carboxylic acids is 1. The minimum Gasteiger partial charge on any atom is -0.478 e. The number of hydrogen-bond donors (Lipinski definition) is 2. The number of hydrogen-bond acceptors (Lipinski definition) is 3. The van der Waals surface area contributed by atoms with Crippen LogP contribution >= 0.6 is 15.9 Å². The van der Waals surface area contributed by atoms with Gasteiger partial charge in [0.2, 0.25) is 0 Å². The number of carbonyl (C=O) groups is 1. The number of aromatic nitrogens is 1. The SMILES string of the molecule is Nc1nc2cc(Br)ccc2cc1C(=O)O. The van der Waals surface area contributed by atoms with E-state index >= 15 is 0 Å². The van der Waals surface area contributed by atoms with Gasteiger partial charge < -0.3 is 10.8 Å². The zero-order chi connectivity index (χ0) is 11.0. The Bertz CT molecular complexity index is 554. The van der Waals surface area contributed by atoms with Gasteiger partial charge in [-0.05, 0) is 18.2 Å². The first-order valence-corrected chi connectivity index (χ1v) is 4.96. The molecule has 15 heavy (non-hydrogen) atoms. The van der Waals surface area contributed by atoms with Gasteiger partial charge in [-0.15, -0.1) is 0 Å². The molecule has 0 aliphatic heterocycles. The molecule has 0 saturated carbocycles. The Morgan fingerprint density at radius 1 is 1.40 bits per heavy atom. The van der Waals surface area contributed by atoms with Crippen LogP contribution in [0.15, 0.2) is 28.7 Å². The van der Waals surface area contributed by atoms with Crippen LogP contribution in [0.2, 0.25) is 0 Å². The van der Waals surface area contributed by atoms with Crippen LogP contribution < -0.4 is 5.73 Å². The molecule has 0 saturated heterocycles. The molecule has 1 heterocycles. The highest BCUT2D eigenvalue weighted by molar-refractivity contribution is 9.10. The second-order valence-electron chi connectivity index (χ2n) is 3.06. The molecule has 5 heteroatoms. The third-order valence-electron chi connectivity index (χ3n) is 2.04. The summed E-state index contributed by atoms with van der Waals surface area (Å²) in [5.74, 6) is -1.03. The minimum absolute atomic E-state index is 0.0322. The van der Waals surface area contributed by atoms with Crippen molar-refractivity contribution >= 4 is 38.6 Å². The van der Waals surface area contributed by atoms with E-state index in [-0.39, 0.29) is 11.4 Å². The molecule has 2 aromatic rings. The molecule has 76 valence electrons. The van der Waals surface area contributed by atoms with E-state index in [9.17, 15) is 4.79 Å². The van der Waals surface area contributed by atoms with Crippen LogP contribution in [-0.4, -0.2) is 16.1 Å². The number of halogens is 1. The Hall–Kier alpha value is -1.62. The molecule has 0 aliphatic carbocycles. The van der Waals surface area contributed by atoms with Crippen molar-refractivity contribution < 1.29 is 9.90 Å². The molecule has 1 aromatic heterocycles. The summed E-state index contributed by atoms with van der Waals surface area (Å²) in [4.78, 5) is 14.8. The molecule has 0 unspecified atom stereocenters. The summed E-state index contributed by atoms with van der Waals surface area (Å²) in [6.45, 7) is 0. The highest BCUT2D eigenvalue weighted by Crippen LogP contribution is 2.21. The number of nitrogens with two attached hydrogens (primary N) is 1. The quantitative estimate of drug-likeness (QED) is 0.831. The van der Waals surface area contributed by atoms with Crippen molar-refractivity contribution in [1.82, 2.24) is 4.98 Å². The lowest BCUT2D eigenvalue weighted by atomic mass is 10.1. The molecule has 1 aromatic carbocycles. The summed E-state index contributed by atoms with van der Waals surface area (Å²) in [6, 6.07) is 6.92. The fourth-order valence-corrected chi connectivity index (χ4v) is 1.68. The smallest absolute Gasteiger partial charge is 0.339 e. The fourth-order valence-electron chi connectivity index (χ4n) is 1.33. The average molecular weight is 267 g/mol. The summed E-state index contributed by atoms with van der Waals surface area (Å²) < 4.78 is 0.880. The van der Waals surface area contributed by atoms with Crippen LogP contribution in [0.3, 0.4) is 0 Å². The fraction of sp³-hybridized carbons (Fsp3) is 0. The maximum absolute atomic E-state index is 10.8. The lowest BCUT2D eigenvalue weighted by molar-refractivity contribution is 0.0698. The van der Waals surface area contributed by atoms with Crippen molar-refractivity contribution in [2.24, 2.45) is 0 Å². The highest BCUT2D eigenvalue weighted by Gasteiger charge is 2.10. The van der Waals surface area contributed by atoms with Crippen molar-refractivity contribution in [2.45, 2.75) is 0 Å². The molecule has 0 aliphatic rings. The van der Waals surface area contributed by atoms with Gasteiger partial charge in [0.25, 0.3) is 0 Å². The number of fused-ring (bicyclic) bond motifs is 1. The van der Waals surface area contributed by atoms with Crippen molar-refractivity contribution in [1.29, 1.82) is 0 Å². The third-order valence-corrected chi connectivity index (χ3v) is 2.53. The van der Waals surface area contributed by atoms with Crippen LogP contribution in [0.25, 0.3) is 10.9 Å². The van der Waals surface area contributed by atoms with E-state index in [4.69, 9.17) is 10.8 Å². The number of pyridine rings is 1. The van der Waals surface area contributed by atoms with E-state index in [1.165, 1.54) is 6.07 Å². The third kappa shape index (κ3) is 1.78. The number of carboxylic acids is 1. The summed E-state index contributed by atoms with van der Waals surface area (Å²) in [5, 5.41) is 9.60. The molecule has 0 radical (unpaired) electrons. The summed E-state index contributed by atoms with van der Waals surface area (Å²) in [5.41, 5.74) is 6.24. The Kier molecular flexibility index (Phi) is 2.32. The van der Waals surface area contributed by atoms with Gasteiger partial charge in [-0.1, -0.05) is 22.0 Å². The molecule has 0 bridgehead atoms. The topological polar surface area (TPSA) is 76.2 Å². The normalized spacial score (nSPS) is 10.5. The molecule has 2 rings (SSSR count). The predicted octanol–water partition coefficient (Wildman–Crippen LogP) is 2.28. The van der Waals surface area contributed by atoms with Gasteiger partial charge in [-0.25, -0.2) is 9.78 Å². The number of rotatable bonds is 1. The van der Waals surface area contributed by atoms with Crippen LogP contribution in [0, 0.1) is 0 Å². The Labute approximate surface area is 93.9 Å². The van der Waals surface area contributed by atoms with E-state index in [0.29, 0.717) is 5.52 Å². The number of nitrogen functional groups attached to an aromatic ring is 1. The van der Waals surface area contributed by atoms with Gasteiger partial charge in [0.05, 0.1) is 5.52 Å². The first-order chi connectivity index (χ1) is 7.08. The summed E-state index contributed by atoms with van der Waals surface area (Å²) >= 11 is 3.31. The van der Waals surface area contributed by atoms with E-state index in [1.54, 1.807) is 12.1 Å². The van der Waals surface area contributed by atoms with Crippen LogP contribution in [0.1, 0.15) is 10.4 Å². The Morgan fingerprint density at radius 2 is 2.13 bits per heavy atom. The van der Waals surface area contributed by atoms with Crippen molar-refractivity contribution in [3.63, 3.8) is 0 Å². The van der Waals surface area contributed by atoms with E-state index in [1.807, 2.05) is 6.07 Å². The summed E-state index contributed by atoms with van der Waals surface area (Å²) in [7, 11) is 0. The van der Waals surface area contributed by atoms with Gasteiger partial charge in [-0.3, -0.25) is 0 Å². The van der Waals surface area contributed by atoms with Crippen LogP contribution in [-0.2, 0) is 0 Å². The largest absolute Gasteiger partial charge is 0.478 e. The van der Waals surface area contributed by atoms with Gasteiger partial charge in [-0.2, -0.15) is 0 Å². The molecule has 3 N–H and O–H groups in total. The minimum atomic E-state index is -1.06. The molecular weight excluding hydrogens is 260 g/mol. The van der Waals surface area contributed by atoms with E-state index in [2.05, 4.69) is 20.9 Å². The zero-order valence-electron chi connectivity index (χ0n) is 7.57. The number of nitrogens with zero attached hydrogens (tertiary/aromatic N) is 1. The van der Waals surface area contributed by atoms with Crippen molar-refractivity contribution in [3.05, 3.63) is 34.3 Å². The second kappa shape index (κ2) is 3.51. The first kappa shape index (κ1) is 9.92. The van der Waals surface area contributed by atoms with Gasteiger partial charge in [0.1, 0.15) is 11.4 Å². The lowest BCUT2D eigenvalue weighted by Crippen LogP contribution is -2.04. The van der Waals surface area contributed by atoms with Gasteiger partial charge >= 0.3 is 5.97 Å². The van der Waals surface area contributed by atoms with Crippen LogP contribution in [0.5, 0.6) is 0 Å². The van der Waals surface area contributed by atoms with Crippen molar-refractivity contribution in [2.75, 3.05) is 5.73 Å². The van der Waals surface area contributed by atoms with Crippen LogP contribution in [0.4, 0.5) is 5.82 Å². The van der Waals surface area contributed by atoms with Crippen molar-refractivity contribution in [3.8, 4) is 0 Å². The monoisotopic (exact) mass is 266 g/mol. The highest BCUT2D eigenvalue weighted by atomic mass is 79.9. The lowest BCUT2D eigenvalue weighted by Gasteiger charge is -2.03. The maximum Gasteiger partial charge on any atom is 0.339 e. The molecule has 0 fully saturated rings. The first-order valence-electron chi connectivity index (χ1n) is 4.17. The summed E-state index contributed by atoms with van der Waals surface area (Å²) in [6.07, 6.45) is 0. The van der Waals surface area contributed by atoms with E-state index < -0.39 is 5.97 Å². The molecule has 0 amide bonds. The second-order valence-corrected chi connectivity index (χ2v) is 3.98. The number of benzene rings is 1. The molecule has 0 atom stereocenters. The van der Waals surface area contributed by atoms with E-state index in [0.717, 1.165) is 9.86 Å². The average Bonchev–Trinajstić information content (AvgIpc) is 2.15. The molecule has 4 nitrogen and oxygen atoms in total. The predicted molar refractivity (Wildman–Crippen MR) is 60.8 cm³/mol. The Morgan fingerprint density at radius 3 is 2.80 bits per heavy atom. The Balaban J connectivity index is 2.76. The molecule has 0 spiro atoms. The zero-order valence-corrected chi connectivity index (χ0v) is 9.15. The molecular formula is C10H7BrN2O2. The maximum atomic E-state index is 10.8. The standard InChI is InChI=1S/C10H7BrN2O2/c11-6-2-1-5-3-7(10(14)15)9(12)13-8(5)4-6/h1-4H,(H2,12,13)(H,14,15). The van der Waals surface area contributed by atoms with Gasteiger partial charge in [0, 0.05) is 9.86 Å². The number of anilines is 1.